The van der Waals surface area contributed by atoms with Crippen molar-refractivity contribution in [2.45, 2.75) is 26.2 Å². The molecule has 98 valence electrons. The average molecular weight is 249 g/mol. The molecule has 3 heteroatoms. The van der Waals surface area contributed by atoms with Crippen molar-refractivity contribution < 1.29 is 9.18 Å². The van der Waals surface area contributed by atoms with Crippen LogP contribution in [0.1, 0.15) is 31.7 Å². The first kappa shape index (κ1) is 13.1. The van der Waals surface area contributed by atoms with E-state index < -0.39 is 0 Å². The van der Waals surface area contributed by atoms with E-state index in [1.165, 1.54) is 12.1 Å². The van der Waals surface area contributed by atoms with Gasteiger partial charge in [0.1, 0.15) is 5.82 Å². The molecular weight excluding hydrogens is 229 g/mol. The van der Waals surface area contributed by atoms with Crippen LogP contribution >= 0.6 is 0 Å². The Balaban J connectivity index is 1.94. The summed E-state index contributed by atoms with van der Waals surface area (Å²) in [5.74, 6) is 0.867. The van der Waals surface area contributed by atoms with E-state index in [0.717, 1.165) is 18.5 Å². The fourth-order valence-corrected chi connectivity index (χ4v) is 2.47. The number of benzene rings is 1. The Kier molecular flexibility index (Phi) is 3.69. The summed E-state index contributed by atoms with van der Waals surface area (Å²) in [5, 5.41) is 0. The molecule has 0 heterocycles. The normalized spacial score (nSPS) is 22.1. The molecule has 2 nitrogen and oxygen atoms in total. The summed E-state index contributed by atoms with van der Waals surface area (Å²) in [6.07, 6.45) is 0.896. The van der Waals surface area contributed by atoms with Crippen LogP contribution in [-0.2, 0) is 4.79 Å². The molecule has 1 fully saturated rings. The number of carbonyl (C=O) groups is 1. The molecule has 1 aliphatic rings. The van der Waals surface area contributed by atoms with Crippen molar-refractivity contribution in [3.63, 3.8) is 0 Å². The second-order valence-electron chi connectivity index (χ2n) is 5.61. The topological polar surface area (TPSA) is 20.3 Å². The van der Waals surface area contributed by atoms with Gasteiger partial charge in [0, 0.05) is 19.5 Å². The number of rotatable bonds is 4. The molecule has 1 aliphatic carbocycles. The van der Waals surface area contributed by atoms with Crippen molar-refractivity contribution in [1.82, 2.24) is 4.90 Å². The summed E-state index contributed by atoms with van der Waals surface area (Å²) in [6.45, 7) is 5.01. The number of hydrogen-bond donors (Lipinski definition) is 0. The van der Waals surface area contributed by atoms with E-state index in [1.807, 2.05) is 11.9 Å². The highest BCUT2D eigenvalue weighted by molar-refractivity contribution is 5.82. The largest absolute Gasteiger partial charge is 0.345 e. The van der Waals surface area contributed by atoms with Crippen molar-refractivity contribution in [1.29, 1.82) is 0 Å². The fourth-order valence-electron chi connectivity index (χ4n) is 2.47. The highest BCUT2D eigenvalue weighted by atomic mass is 19.1. The maximum absolute atomic E-state index is 12.8. The van der Waals surface area contributed by atoms with E-state index in [1.54, 1.807) is 12.1 Å². The maximum Gasteiger partial charge on any atom is 0.226 e. The summed E-state index contributed by atoms with van der Waals surface area (Å²) in [4.78, 5) is 14.0. The van der Waals surface area contributed by atoms with E-state index in [4.69, 9.17) is 0 Å². The molecule has 0 spiro atoms. The molecule has 0 saturated heterocycles. The molecule has 0 bridgehead atoms. The molecule has 1 aromatic carbocycles. The van der Waals surface area contributed by atoms with Crippen LogP contribution in [0.25, 0.3) is 0 Å². The number of nitrogens with zero attached hydrogens (tertiary/aromatic N) is 1. The third-order valence-corrected chi connectivity index (χ3v) is 3.42. The lowest BCUT2D eigenvalue weighted by Crippen LogP contribution is -2.31. The Labute approximate surface area is 108 Å². The molecule has 2 unspecified atom stereocenters. The second kappa shape index (κ2) is 5.09. The van der Waals surface area contributed by atoms with Gasteiger partial charge >= 0.3 is 0 Å². The molecule has 0 aliphatic heterocycles. The number of carbonyl (C=O) groups excluding carboxylic acids is 1. The first-order valence-electron chi connectivity index (χ1n) is 6.49. The third kappa shape index (κ3) is 2.89. The molecule has 18 heavy (non-hydrogen) atoms. The van der Waals surface area contributed by atoms with Crippen molar-refractivity contribution >= 4 is 5.91 Å². The minimum absolute atomic E-state index is 0.0965. The van der Waals surface area contributed by atoms with Crippen molar-refractivity contribution in [3.8, 4) is 0 Å². The lowest BCUT2D eigenvalue weighted by Gasteiger charge is -2.19. The zero-order valence-electron chi connectivity index (χ0n) is 11.2. The Hall–Kier alpha value is -1.38. The maximum atomic E-state index is 12.8. The van der Waals surface area contributed by atoms with Crippen molar-refractivity contribution in [2.75, 3.05) is 13.6 Å². The van der Waals surface area contributed by atoms with Crippen molar-refractivity contribution in [2.24, 2.45) is 11.8 Å². The van der Waals surface area contributed by atoms with E-state index in [-0.39, 0.29) is 23.6 Å². The van der Waals surface area contributed by atoms with Gasteiger partial charge in [0.15, 0.2) is 0 Å². The van der Waals surface area contributed by atoms with Gasteiger partial charge in [-0.3, -0.25) is 4.79 Å². The lowest BCUT2D eigenvalue weighted by molar-refractivity contribution is -0.131. The summed E-state index contributed by atoms with van der Waals surface area (Å²) in [6, 6.07) is 6.51. The van der Waals surface area contributed by atoms with Crippen LogP contribution in [0, 0.1) is 17.7 Å². The Morgan fingerprint density at radius 1 is 1.39 bits per heavy atom. The minimum Gasteiger partial charge on any atom is -0.345 e. The average Bonchev–Trinajstić information content (AvgIpc) is 3.08. The number of amides is 1. The van der Waals surface area contributed by atoms with E-state index in [2.05, 4.69) is 13.8 Å². The molecule has 0 radical (unpaired) electrons. The smallest absolute Gasteiger partial charge is 0.226 e. The van der Waals surface area contributed by atoms with Crippen LogP contribution < -0.4 is 0 Å². The summed E-state index contributed by atoms with van der Waals surface area (Å²) in [7, 11) is 1.86. The van der Waals surface area contributed by atoms with Gasteiger partial charge < -0.3 is 4.90 Å². The summed E-state index contributed by atoms with van der Waals surface area (Å²) >= 11 is 0. The van der Waals surface area contributed by atoms with Crippen LogP contribution in [-0.4, -0.2) is 24.4 Å². The molecule has 1 aromatic rings. The monoisotopic (exact) mass is 249 g/mol. The number of halogens is 1. The predicted octanol–water partition coefficient (Wildman–Crippen LogP) is 3.04. The molecule has 1 saturated carbocycles. The zero-order chi connectivity index (χ0) is 13.3. The molecule has 1 amide bonds. The van der Waals surface area contributed by atoms with Gasteiger partial charge in [0.05, 0.1) is 0 Å². The van der Waals surface area contributed by atoms with Gasteiger partial charge in [-0.05, 0) is 36.0 Å². The summed E-state index contributed by atoms with van der Waals surface area (Å²) < 4.78 is 12.8. The fraction of sp³-hybridized carbons (Fsp3) is 0.533. The second-order valence-corrected chi connectivity index (χ2v) is 5.61. The van der Waals surface area contributed by atoms with Crippen LogP contribution in [0.4, 0.5) is 4.39 Å². The molecular formula is C15H20FNO. The predicted molar refractivity (Wildman–Crippen MR) is 69.7 cm³/mol. The van der Waals surface area contributed by atoms with E-state index in [0.29, 0.717) is 5.92 Å². The Morgan fingerprint density at radius 2 is 2.00 bits per heavy atom. The molecule has 2 atom stereocenters. The third-order valence-electron chi connectivity index (χ3n) is 3.42. The van der Waals surface area contributed by atoms with Gasteiger partial charge in [-0.25, -0.2) is 4.39 Å². The first-order chi connectivity index (χ1) is 8.49. The molecule has 0 N–H and O–H groups in total. The van der Waals surface area contributed by atoms with E-state index in [9.17, 15) is 9.18 Å². The van der Waals surface area contributed by atoms with Gasteiger partial charge in [0.25, 0.3) is 0 Å². The Bertz CT molecular complexity index is 427. The molecule has 2 rings (SSSR count). The van der Waals surface area contributed by atoms with Crippen LogP contribution in [0.2, 0.25) is 0 Å². The van der Waals surface area contributed by atoms with Crippen LogP contribution in [0.5, 0.6) is 0 Å². The first-order valence-corrected chi connectivity index (χ1v) is 6.49. The van der Waals surface area contributed by atoms with Gasteiger partial charge in [-0.2, -0.15) is 0 Å². The quantitative estimate of drug-likeness (QED) is 0.803. The summed E-state index contributed by atoms with van der Waals surface area (Å²) in [5.41, 5.74) is 1.08. The SMILES string of the molecule is CC(C)CN(C)C(=O)C1CC1c1ccc(F)cc1. The van der Waals surface area contributed by atoms with Gasteiger partial charge in [-0.15, -0.1) is 0 Å². The molecule has 0 aromatic heterocycles. The highest BCUT2D eigenvalue weighted by Crippen LogP contribution is 2.48. The standard InChI is InChI=1S/C15H20FNO/c1-10(2)9-17(3)15(18)14-8-13(14)11-4-6-12(16)7-5-11/h4-7,10,13-14H,8-9H2,1-3H3. The zero-order valence-corrected chi connectivity index (χ0v) is 11.2. The van der Waals surface area contributed by atoms with Crippen LogP contribution in [0.3, 0.4) is 0 Å². The number of hydrogen-bond acceptors (Lipinski definition) is 1. The van der Waals surface area contributed by atoms with Gasteiger partial charge in [-0.1, -0.05) is 26.0 Å². The van der Waals surface area contributed by atoms with Crippen molar-refractivity contribution in [3.05, 3.63) is 35.6 Å². The van der Waals surface area contributed by atoms with Crippen LogP contribution in [0.15, 0.2) is 24.3 Å². The Morgan fingerprint density at radius 3 is 2.56 bits per heavy atom. The van der Waals surface area contributed by atoms with Gasteiger partial charge in [0.2, 0.25) is 5.91 Å². The minimum atomic E-state index is -0.223. The van der Waals surface area contributed by atoms with E-state index >= 15 is 0 Å². The lowest BCUT2D eigenvalue weighted by atomic mass is 10.1. The highest BCUT2D eigenvalue weighted by Gasteiger charge is 2.45.